The molecule has 2 aromatic carbocycles. The van der Waals surface area contributed by atoms with E-state index in [1.165, 1.54) is 19.3 Å². The number of halogens is 4. The Morgan fingerprint density at radius 1 is 1.03 bits per heavy atom. The Morgan fingerprint density at radius 3 is 2.47 bits per heavy atom. The molecule has 2 fully saturated rings. The predicted octanol–water partition coefficient (Wildman–Crippen LogP) is 6.19. The number of carbonyl (C=O) groups excluding carboxylic acids is 1. The first-order valence-electron chi connectivity index (χ1n) is 11.0. The summed E-state index contributed by atoms with van der Waals surface area (Å²) < 4.78 is 7.67. The third-order valence-electron chi connectivity index (χ3n) is 6.89. The SMILES string of the molecule is Cl.O=C(NN1CC2CCCC2C1)c1nn(-c2ccc(Cl)cc2Cl)c2c1COc1cc(Cl)ccc1-2. The van der Waals surface area contributed by atoms with Crippen molar-refractivity contribution in [3.05, 3.63) is 62.7 Å². The van der Waals surface area contributed by atoms with E-state index in [2.05, 4.69) is 5.43 Å². The van der Waals surface area contributed by atoms with E-state index in [1.807, 2.05) is 11.1 Å². The Morgan fingerprint density at radius 2 is 1.74 bits per heavy atom. The molecule has 1 saturated carbocycles. The molecule has 178 valence electrons. The Bertz CT molecular complexity index is 1270. The highest BCUT2D eigenvalue weighted by Crippen LogP contribution is 2.42. The van der Waals surface area contributed by atoms with Crippen LogP contribution < -0.4 is 10.2 Å². The first-order valence-corrected chi connectivity index (χ1v) is 12.2. The second-order valence-corrected chi connectivity index (χ2v) is 10.2. The molecule has 6 nitrogen and oxygen atoms in total. The van der Waals surface area contributed by atoms with E-state index in [-0.39, 0.29) is 24.9 Å². The quantitative estimate of drug-likeness (QED) is 0.431. The third kappa shape index (κ3) is 4.06. The molecular weight excluding hydrogens is 518 g/mol. The predicted molar refractivity (Wildman–Crippen MR) is 135 cm³/mol. The zero-order valence-electron chi connectivity index (χ0n) is 18.1. The summed E-state index contributed by atoms with van der Waals surface area (Å²) >= 11 is 18.8. The van der Waals surface area contributed by atoms with Crippen molar-refractivity contribution >= 4 is 53.1 Å². The van der Waals surface area contributed by atoms with Crippen LogP contribution in [0.4, 0.5) is 0 Å². The van der Waals surface area contributed by atoms with Crippen LogP contribution in [0.3, 0.4) is 0 Å². The van der Waals surface area contributed by atoms with Crippen LogP contribution in [0.15, 0.2) is 36.4 Å². The van der Waals surface area contributed by atoms with Crippen LogP contribution in [0.25, 0.3) is 16.9 Å². The second-order valence-electron chi connectivity index (χ2n) is 8.91. The fourth-order valence-corrected chi connectivity index (χ4v) is 6.01. The number of hydrogen-bond acceptors (Lipinski definition) is 4. The lowest BCUT2D eigenvalue weighted by molar-refractivity contribution is 0.0806. The van der Waals surface area contributed by atoms with Gasteiger partial charge in [0.1, 0.15) is 12.4 Å². The Balaban J connectivity index is 0.00000241. The number of nitrogens with zero attached hydrogens (tertiary/aromatic N) is 3. The van der Waals surface area contributed by atoms with Gasteiger partial charge < -0.3 is 4.74 Å². The van der Waals surface area contributed by atoms with Crippen LogP contribution in [0, 0.1) is 11.8 Å². The highest BCUT2D eigenvalue weighted by atomic mass is 35.5. The van der Waals surface area contributed by atoms with Crippen LogP contribution in [0.2, 0.25) is 15.1 Å². The van der Waals surface area contributed by atoms with Gasteiger partial charge in [-0.2, -0.15) is 5.10 Å². The fourth-order valence-electron chi connectivity index (χ4n) is 5.36. The van der Waals surface area contributed by atoms with Gasteiger partial charge in [-0.25, -0.2) is 9.69 Å². The first kappa shape index (κ1) is 23.8. The number of benzene rings is 2. The summed E-state index contributed by atoms with van der Waals surface area (Å²) in [5.74, 6) is 1.74. The van der Waals surface area contributed by atoms with Crippen LogP contribution in [0.1, 0.15) is 35.3 Å². The number of carbonyl (C=O) groups is 1. The molecular formula is C24H22Cl4N4O2. The maximum Gasteiger partial charge on any atom is 0.286 e. The minimum absolute atomic E-state index is 0. The van der Waals surface area contributed by atoms with Gasteiger partial charge in [0.15, 0.2) is 5.69 Å². The van der Waals surface area contributed by atoms with Gasteiger partial charge >= 0.3 is 0 Å². The summed E-state index contributed by atoms with van der Waals surface area (Å²) in [4.78, 5) is 13.4. The molecule has 1 amide bonds. The molecule has 3 aliphatic rings. The van der Waals surface area contributed by atoms with Crippen LogP contribution in [0.5, 0.6) is 5.75 Å². The van der Waals surface area contributed by atoms with Gasteiger partial charge in [-0.3, -0.25) is 10.2 Å². The summed E-state index contributed by atoms with van der Waals surface area (Å²) in [6.45, 7) is 1.99. The normalized spacial score (nSPS) is 20.7. The number of rotatable bonds is 3. The van der Waals surface area contributed by atoms with E-state index >= 15 is 0 Å². The van der Waals surface area contributed by atoms with E-state index in [9.17, 15) is 4.79 Å². The Kier molecular flexibility index (Phi) is 6.46. The molecule has 3 aromatic rings. The summed E-state index contributed by atoms with van der Waals surface area (Å²) in [6, 6.07) is 10.7. The highest BCUT2D eigenvalue weighted by Gasteiger charge is 2.38. The third-order valence-corrected chi connectivity index (χ3v) is 7.67. The minimum Gasteiger partial charge on any atom is -0.488 e. The molecule has 0 spiro atoms. The Labute approximate surface area is 218 Å². The average molecular weight is 540 g/mol. The van der Waals surface area contributed by atoms with E-state index in [0.29, 0.717) is 49.6 Å². The van der Waals surface area contributed by atoms with Crippen molar-refractivity contribution in [1.82, 2.24) is 20.2 Å². The van der Waals surface area contributed by atoms with Crippen LogP contribution in [-0.2, 0) is 6.61 Å². The van der Waals surface area contributed by atoms with Crippen molar-refractivity contribution in [3.8, 4) is 22.7 Å². The van der Waals surface area contributed by atoms with Gasteiger partial charge in [0, 0.05) is 34.3 Å². The molecule has 1 N–H and O–H groups in total. The lowest BCUT2D eigenvalue weighted by Gasteiger charge is -2.21. The van der Waals surface area contributed by atoms with Crippen LogP contribution in [-0.4, -0.2) is 33.8 Å². The molecule has 6 rings (SSSR count). The van der Waals surface area contributed by atoms with Crippen molar-refractivity contribution in [2.45, 2.75) is 25.9 Å². The molecule has 0 bridgehead atoms. The van der Waals surface area contributed by atoms with Gasteiger partial charge in [-0.05, 0) is 61.1 Å². The molecule has 1 saturated heterocycles. The fraction of sp³-hybridized carbons (Fsp3) is 0.333. The molecule has 3 heterocycles. The molecule has 0 radical (unpaired) electrons. The van der Waals surface area contributed by atoms with Crippen LogP contribution >= 0.6 is 47.2 Å². The largest absolute Gasteiger partial charge is 0.488 e. The van der Waals surface area contributed by atoms with E-state index in [1.54, 1.807) is 35.0 Å². The lowest BCUT2D eigenvalue weighted by atomic mass is 10.0. The molecule has 1 aliphatic carbocycles. The standard InChI is InChI=1S/C24H21Cl3N4O2.ClH/c25-15-5-7-20(19(27)8-15)31-23-17-6-4-16(26)9-21(17)33-12-18(23)22(28-31)24(32)29-30-10-13-2-1-3-14(13)11-30;/h4-9,13-14H,1-3,10-12H2,(H,29,32);1H. The topological polar surface area (TPSA) is 59.4 Å². The van der Waals surface area contributed by atoms with Crippen molar-refractivity contribution in [2.24, 2.45) is 11.8 Å². The molecule has 2 aliphatic heterocycles. The number of nitrogens with one attached hydrogen (secondary N) is 1. The van der Waals surface area contributed by atoms with Crippen molar-refractivity contribution in [2.75, 3.05) is 13.1 Å². The molecule has 10 heteroatoms. The molecule has 2 unspecified atom stereocenters. The van der Waals surface area contributed by atoms with E-state index in [0.717, 1.165) is 24.3 Å². The average Bonchev–Trinajstić information content (AvgIpc) is 3.47. The highest BCUT2D eigenvalue weighted by molar-refractivity contribution is 6.35. The lowest BCUT2D eigenvalue weighted by Crippen LogP contribution is -2.41. The van der Waals surface area contributed by atoms with Gasteiger partial charge in [0.05, 0.1) is 16.4 Å². The van der Waals surface area contributed by atoms with E-state index < -0.39 is 0 Å². The molecule has 34 heavy (non-hydrogen) atoms. The molecule has 2 atom stereocenters. The summed E-state index contributed by atoms with van der Waals surface area (Å²) in [6.07, 6.45) is 3.77. The summed E-state index contributed by atoms with van der Waals surface area (Å²) in [7, 11) is 0. The zero-order chi connectivity index (χ0) is 22.7. The van der Waals surface area contributed by atoms with Gasteiger partial charge in [0.25, 0.3) is 5.91 Å². The number of fused-ring (bicyclic) bond motifs is 4. The van der Waals surface area contributed by atoms with Gasteiger partial charge in [0.2, 0.25) is 0 Å². The number of aromatic nitrogens is 2. The summed E-state index contributed by atoms with van der Waals surface area (Å²) in [5, 5.41) is 8.30. The summed E-state index contributed by atoms with van der Waals surface area (Å²) in [5.41, 5.74) is 6.32. The first-order chi connectivity index (χ1) is 16.0. The molecule has 1 aromatic heterocycles. The van der Waals surface area contributed by atoms with E-state index in [4.69, 9.17) is 44.6 Å². The van der Waals surface area contributed by atoms with Crippen molar-refractivity contribution in [1.29, 1.82) is 0 Å². The monoisotopic (exact) mass is 538 g/mol. The maximum absolute atomic E-state index is 13.4. The number of ether oxygens (including phenoxy) is 1. The number of amides is 1. The van der Waals surface area contributed by atoms with Gasteiger partial charge in [-0.1, -0.05) is 41.2 Å². The second kappa shape index (κ2) is 9.25. The van der Waals surface area contributed by atoms with Crippen molar-refractivity contribution in [3.63, 3.8) is 0 Å². The van der Waals surface area contributed by atoms with Gasteiger partial charge in [-0.15, -0.1) is 12.4 Å². The number of hydrazine groups is 1. The number of hydrogen-bond donors (Lipinski definition) is 1. The van der Waals surface area contributed by atoms with Crippen molar-refractivity contribution < 1.29 is 9.53 Å². The zero-order valence-corrected chi connectivity index (χ0v) is 21.1. The smallest absolute Gasteiger partial charge is 0.286 e. The minimum atomic E-state index is -0.240. The maximum atomic E-state index is 13.4. The Hall–Kier alpha value is -1.96.